The van der Waals surface area contributed by atoms with Crippen molar-refractivity contribution in [1.82, 2.24) is 0 Å². The fraction of sp³-hybridized carbons (Fsp3) is 0.500. The smallest absolute Gasteiger partial charge is 0.0537 e. The zero-order valence-electron chi connectivity index (χ0n) is 8.54. The normalized spacial score (nSPS) is 12.8. The summed E-state index contributed by atoms with van der Waals surface area (Å²) in [7, 11) is 0. The number of aliphatic hydroxyl groups excluding tert-OH is 1. The Morgan fingerprint density at radius 2 is 2.07 bits per heavy atom. The summed E-state index contributed by atoms with van der Waals surface area (Å²) in [4.78, 5) is 0. The van der Waals surface area contributed by atoms with Gasteiger partial charge in [0.15, 0.2) is 0 Å². The zero-order chi connectivity index (χ0) is 10.4. The van der Waals surface area contributed by atoms with Crippen molar-refractivity contribution in [3.05, 3.63) is 34.3 Å². The first-order valence-corrected chi connectivity index (χ1v) is 5.94. The number of halogens is 1. The molecule has 0 fully saturated rings. The van der Waals surface area contributed by atoms with Crippen molar-refractivity contribution in [2.45, 2.75) is 38.7 Å². The lowest BCUT2D eigenvalue weighted by Gasteiger charge is -2.07. The molecule has 0 saturated carbocycles. The maximum Gasteiger partial charge on any atom is 0.0537 e. The molecule has 1 aromatic rings. The summed E-state index contributed by atoms with van der Waals surface area (Å²) in [6.07, 6.45) is 3.72. The molecule has 0 heterocycles. The molecule has 1 rings (SSSR count). The Kier molecular flexibility index (Phi) is 5.20. The number of aryl methyl sites for hydroxylation is 1. The summed E-state index contributed by atoms with van der Waals surface area (Å²) in [5, 5.41) is 9.39. The van der Waals surface area contributed by atoms with Crippen LogP contribution in [0, 0.1) is 0 Å². The maximum atomic E-state index is 9.39. The Labute approximate surface area is 94.3 Å². The predicted octanol–water partition coefficient (Wildman–Crippen LogP) is 3.54. The van der Waals surface area contributed by atoms with Gasteiger partial charge in [0.05, 0.1) is 6.10 Å². The lowest BCUT2D eigenvalue weighted by molar-refractivity contribution is 0.157. The molecular weight excluding hydrogens is 240 g/mol. The molecule has 78 valence electrons. The molecule has 0 saturated heterocycles. The quantitative estimate of drug-likeness (QED) is 0.855. The molecule has 1 atom stereocenters. The summed E-state index contributed by atoms with van der Waals surface area (Å²) >= 11 is 3.52. The average molecular weight is 257 g/mol. The molecule has 0 aliphatic rings. The van der Waals surface area contributed by atoms with Crippen LogP contribution in [-0.2, 0) is 6.42 Å². The second-order valence-corrected chi connectivity index (χ2v) is 4.40. The van der Waals surface area contributed by atoms with Gasteiger partial charge in [-0.1, -0.05) is 41.1 Å². The van der Waals surface area contributed by atoms with Gasteiger partial charge in [-0.15, -0.1) is 0 Å². The van der Waals surface area contributed by atoms with E-state index in [9.17, 15) is 5.11 Å². The molecule has 1 nitrogen and oxygen atoms in total. The van der Waals surface area contributed by atoms with Crippen LogP contribution in [0.4, 0.5) is 0 Å². The van der Waals surface area contributed by atoms with E-state index >= 15 is 0 Å². The van der Waals surface area contributed by atoms with Crippen LogP contribution in [0.3, 0.4) is 0 Å². The standard InChI is InChI=1S/C12H17BrO/c1-2-11(14)8-5-7-10-6-3-4-9-12(10)13/h3-4,6,9,11,14H,2,5,7-8H2,1H3. The first-order chi connectivity index (χ1) is 6.74. The summed E-state index contributed by atoms with van der Waals surface area (Å²) in [6.45, 7) is 2.02. The average Bonchev–Trinajstić information content (AvgIpc) is 2.20. The van der Waals surface area contributed by atoms with Crippen molar-refractivity contribution in [2.24, 2.45) is 0 Å². The molecule has 14 heavy (non-hydrogen) atoms. The van der Waals surface area contributed by atoms with Crippen molar-refractivity contribution in [3.63, 3.8) is 0 Å². The number of hydrogen-bond acceptors (Lipinski definition) is 1. The van der Waals surface area contributed by atoms with Crippen molar-refractivity contribution >= 4 is 15.9 Å². The Morgan fingerprint density at radius 3 is 2.71 bits per heavy atom. The minimum atomic E-state index is -0.127. The van der Waals surface area contributed by atoms with Crippen LogP contribution < -0.4 is 0 Å². The van der Waals surface area contributed by atoms with Crippen LogP contribution in [0.5, 0.6) is 0 Å². The van der Waals surface area contributed by atoms with Crippen LogP contribution in [-0.4, -0.2) is 11.2 Å². The van der Waals surface area contributed by atoms with E-state index in [0.717, 1.165) is 25.7 Å². The second-order valence-electron chi connectivity index (χ2n) is 3.55. The predicted molar refractivity (Wildman–Crippen MR) is 63.4 cm³/mol. The van der Waals surface area contributed by atoms with Gasteiger partial charge >= 0.3 is 0 Å². The van der Waals surface area contributed by atoms with Crippen LogP contribution in [0.25, 0.3) is 0 Å². The highest BCUT2D eigenvalue weighted by Gasteiger charge is 2.02. The third kappa shape index (κ3) is 3.81. The molecule has 1 aromatic carbocycles. The summed E-state index contributed by atoms with van der Waals surface area (Å²) in [5.41, 5.74) is 1.33. The first kappa shape index (κ1) is 11.7. The van der Waals surface area contributed by atoms with E-state index in [-0.39, 0.29) is 6.10 Å². The highest BCUT2D eigenvalue weighted by molar-refractivity contribution is 9.10. The highest BCUT2D eigenvalue weighted by Crippen LogP contribution is 2.18. The van der Waals surface area contributed by atoms with Crippen LogP contribution in [0.1, 0.15) is 31.7 Å². The van der Waals surface area contributed by atoms with Gasteiger partial charge in [-0.25, -0.2) is 0 Å². The molecule has 0 aromatic heterocycles. The van der Waals surface area contributed by atoms with Crippen LogP contribution in [0.2, 0.25) is 0 Å². The molecule has 2 heteroatoms. The third-order valence-electron chi connectivity index (χ3n) is 2.41. The zero-order valence-corrected chi connectivity index (χ0v) is 10.1. The lowest BCUT2D eigenvalue weighted by atomic mass is 10.1. The van der Waals surface area contributed by atoms with Crippen LogP contribution >= 0.6 is 15.9 Å². The van der Waals surface area contributed by atoms with Crippen molar-refractivity contribution in [2.75, 3.05) is 0 Å². The largest absolute Gasteiger partial charge is 0.393 e. The van der Waals surface area contributed by atoms with E-state index in [0.29, 0.717) is 0 Å². The van der Waals surface area contributed by atoms with Gasteiger partial charge in [-0.3, -0.25) is 0 Å². The molecule has 0 amide bonds. The molecule has 0 aliphatic carbocycles. The highest BCUT2D eigenvalue weighted by atomic mass is 79.9. The number of rotatable bonds is 5. The number of aliphatic hydroxyl groups is 1. The van der Waals surface area contributed by atoms with Gasteiger partial charge in [0, 0.05) is 4.47 Å². The van der Waals surface area contributed by atoms with E-state index in [4.69, 9.17) is 0 Å². The van der Waals surface area contributed by atoms with Gasteiger partial charge in [0.2, 0.25) is 0 Å². The third-order valence-corrected chi connectivity index (χ3v) is 3.19. The van der Waals surface area contributed by atoms with Gasteiger partial charge in [0.25, 0.3) is 0 Å². The molecule has 0 aliphatic heterocycles. The number of hydrogen-bond donors (Lipinski definition) is 1. The van der Waals surface area contributed by atoms with E-state index in [1.165, 1.54) is 10.0 Å². The van der Waals surface area contributed by atoms with Crippen molar-refractivity contribution in [3.8, 4) is 0 Å². The lowest BCUT2D eigenvalue weighted by Crippen LogP contribution is -2.04. The van der Waals surface area contributed by atoms with E-state index in [2.05, 4.69) is 34.1 Å². The SMILES string of the molecule is CCC(O)CCCc1ccccc1Br. The van der Waals surface area contributed by atoms with E-state index in [1.807, 2.05) is 13.0 Å². The molecule has 1 N–H and O–H groups in total. The minimum Gasteiger partial charge on any atom is -0.393 e. The Balaban J connectivity index is 2.35. The summed E-state index contributed by atoms with van der Waals surface area (Å²) in [5.74, 6) is 0. The second kappa shape index (κ2) is 6.20. The van der Waals surface area contributed by atoms with E-state index in [1.54, 1.807) is 0 Å². The molecule has 0 spiro atoms. The summed E-state index contributed by atoms with van der Waals surface area (Å²) < 4.78 is 1.17. The van der Waals surface area contributed by atoms with E-state index < -0.39 is 0 Å². The molecule has 1 unspecified atom stereocenters. The minimum absolute atomic E-state index is 0.127. The summed E-state index contributed by atoms with van der Waals surface area (Å²) in [6, 6.07) is 8.26. The number of benzene rings is 1. The Morgan fingerprint density at radius 1 is 1.36 bits per heavy atom. The Hall–Kier alpha value is -0.340. The first-order valence-electron chi connectivity index (χ1n) is 5.15. The Bertz CT molecular complexity index is 273. The van der Waals surface area contributed by atoms with Gasteiger partial charge < -0.3 is 5.11 Å². The van der Waals surface area contributed by atoms with Crippen LogP contribution in [0.15, 0.2) is 28.7 Å². The maximum absolute atomic E-state index is 9.39. The molecule has 0 bridgehead atoms. The molecular formula is C12H17BrO. The monoisotopic (exact) mass is 256 g/mol. The van der Waals surface area contributed by atoms with Gasteiger partial charge in [-0.2, -0.15) is 0 Å². The van der Waals surface area contributed by atoms with Gasteiger partial charge in [-0.05, 0) is 37.3 Å². The fourth-order valence-corrected chi connectivity index (χ4v) is 1.92. The fourth-order valence-electron chi connectivity index (χ4n) is 1.43. The topological polar surface area (TPSA) is 20.2 Å². The van der Waals surface area contributed by atoms with Gasteiger partial charge in [0.1, 0.15) is 0 Å². The molecule has 0 radical (unpaired) electrons. The van der Waals surface area contributed by atoms with Crippen molar-refractivity contribution in [1.29, 1.82) is 0 Å². The van der Waals surface area contributed by atoms with Crippen molar-refractivity contribution < 1.29 is 5.11 Å².